The molecule has 4 fully saturated rings. The van der Waals surface area contributed by atoms with Crippen LogP contribution in [0.1, 0.15) is 118 Å². The van der Waals surface area contributed by atoms with Gasteiger partial charge in [-0.3, -0.25) is 4.18 Å². The summed E-state index contributed by atoms with van der Waals surface area (Å²) in [5.74, 6) is 3.23. The van der Waals surface area contributed by atoms with Crippen molar-refractivity contribution in [3.63, 3.8) is 0 Å². The van der Waals surface area contributed by atoms with Crippen molar-refractivity contribution in [2.75, 3.05) is 0 Å². The molecule has 5 heteroatoms. The summed E-state index contributed by atoms with van der Waals surface area (Å²) in [7, 11) is 0. The van der Waals surface area contributed by atoms with Crippen molar-refractivity contribution < 1.29 is 17.9 Å². The minimum atomic E-state index is -1.16. The highest BCUT2D eigenvalue weighted by atomic mass is 32.2. The lowest BCUT2D eigenvalue weighted by Crippen LogP contribution is -2.36. The number of hydrogen-bond acceptors (Lipinski definition) is 4. The summed E-state index contributed by atoms with van der Waals surface area (Å²) in [6.07, 6.45) is 17.4. The zero-order chi connectivity index (χ0) is 23.4. The molecular weight excluding hydrogens is 432 g/mol. The van der Waals surface area contributed by atoms with Crippen molar-refractivity contribution in [3.8, 4) is 0 Å². The van der Waals surface area contributed by atoms with E-state index in [4.69, 9.17) is 13.7 Å². The van der Waals surface area contributed by atoms with Gasteiger partial charge in [0.1, 0.15) is 0 Å². The SMILES string of the molecule is CC1CCC(OC2CCC(OS(=O)C3CCC(OC4CCC(C)C(C)C4)CC3)CC2)CC1C. The molecule has 33 heavy (non-hydrogen) atoms. The van der Waals surface area contributed by atoms with E-state index in [1.54, 1.807) is 0 Å². The zero-order valence-electron chi connectivity index (χ0n) is 21.7. The Morgan fingerprint density at radius 1 is 0.485 bits per heavy atom. The largest absolute Gasteiger partial charge is 0.375 e. The van der Waals surface area contributed by atoms with Crippen LogP contribution in [0.3, 0.4) is 0 Å². The molecule has 4 rings (SSSR count). The van der Waals surface area contributed by atoms with Crippen LogP contribution in [0.2, 0.25) is 0 Å². The van der Waals surface area contributed by atoms with Gasteiger partial charge in [0.05, 0.1) is 35.8 Å². The Balaban J connectivity index is 1.11. The quantitative estimate of drug-likeness (QED) is 0.393. The fourth-order valence-electron chi connectivity index (χ4n) is 6.63. The van der Waals surface area contributed by atoms with E-state index >= 15 is 0 Å². The van der Waals surface area contributed by atoms with Crippen LogP contribution in [-0.4, -0.2) is 40.0 Å². The number of hydrogen-bond donors (Lipinski definition) is 0. The molecule has 0 spiro atoms. The zero-order valence-corrected chi connectivity index (χ0v) is 22.5. The van der Waals surface area contributed by atoms with E-state index in [9.17, 15) is 4.21 Å². The topological polar surface area (TPSA) is 44.8 Å². The first-order valence-electron chi connectivity index (χ1n) is 14.3. The van der Waals surface area contributed by atoms with E-state index < -0.39 is 11.1 Å². The molecule has 4 aliphatic rings. The van der Waals surface area contributed by atoms with Crippen LogP contribution in [-0.2, 0) is 24.7 Å². The summed E-state index contributed by atoms with van der Waals surface area (Å²) in [6, 6.07) is 0. The van der Waals surface area contributed by atoms with Crippen LogP contribution in [0.15, 0.2) is 0 Å². The first-order chi connectivity index (χ1) is 15.9. The van der Waals surface area contributed by atoms with Crippen molar-refractivity contribution in [1.82, 2.24) is 0 Å². The molecule has 0 bridgehead atoms. The van der Waals surface area contributed by atoms with Crippen LogP contribution < -0.4 is 0 Å². The molecule has 0 saturated heterocycles. The monoisotopic (exact) mass is 482 g/mol. The van der Waals surface area contributed by atoms with E-state index in [-0.39, 0.29) is 11.4 Å². The van der Waals surface area contributed by atoms with Crippen LogP contribution >= 0.6 is 0 Å². The average molecular weight is 483 g/mol. The van der Waals surface area contributed by atoms with Gasteiger partial charge in [0.2, 0.25) is 0 Å². The number of ether oxygens (including phenoxy) is 2. The van der Waals surface area contributed by atoms with Crippen LogP contribution in [0, 0.1) is 23.7 Å². The summed E-state index contributed by atoms with van der Waals surface area (Å²) in [5, 5.41) is 0.190. The standard InChI is InChI=1S/C28H50O4S/c1-19-5-7-26(17-21(19)3)30-23-9-11-25(12-10-23)32-33(29)28-15-13-24(14-16-28)31-27-8-6-20(2)22(4)18-27/h19-28H,5-18H2,1-4H3. The van der Waals surface area contributed by atoms with E-state index in [1.165, 1.54) is 38.5 Å². The minimum Gasteiger partial charge on any atom is -0.375 e. The lowest BCUT2D eigenvalue weighted by molar-refractivity contribution is -0.0700. The predicted octanol–water partition coefficient (Wildman–Crippen LogP) is 6.97. The van der Waals surface area contributed by atoms with Gasteiger partial charge < -0.3 is 9.47 Å². The third kappa shape index (κ3) is 7.51. The molecule has 4 aliphatic carbocycles. The van der Waals surface area contributed by atoms with Gasteiger partial charge in [-0.25, -0.2) is 4.21 Å². The summed E-state index contributed by atoms with van der Waals surface area (Å²) in [6.45, 7) is 9.49. The van der Waals surface area contributed by atoms with Gasteiger partial charge in [-0.2, -0.15) is 0 Å². The molecule has 0 amide bonds. The Morgan fingerprint density at radius 2 is 0.879 bits per heavy atom. The minimum absolute atomic E-state index is 0.149. The Hall–Kier alpha value is 0.0300. The second kappa shape index (κ2) is 12.3. The summed E-state index contributed by atoms with van der Waals surface area (Å²) in [5.41, 5.74) is 0. The molecule has 4 nitrogen and oxygen atoms in total. The molecular formula is C28H50O4S. The van der Waals surface area contributed by atoms with E-state index in [2.05, 4.69) is 27.7 Å². The predicted molar refractivity (Wildman–Crippen MR) is 135 cm³/mol. The van der Waals surface area contributed by atoms with Gasteiger partial charge in [-0.1, -0.05) is 27.7 Å². The van der Waals surface area contributed by atoms with Gasteiger partial charge in [0.25, 0.3) is 0 Å². The molecule has 0 aliphatic heterocycles. The Bertz CT molecular complexity index is 611. The maximum atomic E-state index is 12.9. The lowest BCUT2D eigenvalue weighted by Gasteiger charge is -2.37. The van der Waals surface area contributed by atoms with E-state index in [0.717, 1.165) is 75.0 Å². The lowest BCUT2D eigenvalue weighted by atomic mass is 9.80. The highest BCUT2D eigenvalue weighted by molar-refractivity contribution is 7.80. The molecule has 4 saturated carbocycles. The summed E-state index contributed by atoms with van der Waals surface area (Å²) in [4.78, 5) is 0. The second-order valence-electron chi connectivity index (χ2n) is 12.2. The highest BCUT2D eigenvalue weighted by Crippen LogP contribution is 2.36. The van der Waals surface area contributed by atoms with Gasteiger partial charge >= 0.3 is 0 Å². The van der Waals surface area contributed by atoms with E-state index in [1.807, 2.05) is 0 Å². The highest BCUT2D eigenvalue weighted by Gasteiger charge is 2.34. The van der Waals surface area contributed by atoms with Crippen LogP contribution in [0.4, 0.5) is 0 Å². The fraction of sp³-hybridized carbons (Fsp3) is 1.00. The maximum absolute atomic E-state index is 12.9. The van der Waals surface area contributed by atoms with Crippen molar-refractivity contribution in [3.05, 3.63) is 0 Å². The van der Waals surface area contributed by atoms with Gasteiger partial charge in [0.15, 0.2) is 11.1 Å². The van der Waals surface area contributed by atoms with Crippen molar-refractivity contribution in [1.29, 1.82) is 0 Å². The Labute approximate surface area is 205 Å². The Kier molecular flexibility index (Phi) is 9.75. The Morgan fingerprint density at radius 3 is 1.33 bits per heavy atom. The van der Waals surface area contributed by atoms with Gasteiger partial charge in [-0.05, 0) is 114 Å². The van der Waals surface area contributed by atoms with Crippen LogP contribution in [0.25, 0.3) is 0 Å². The van der Waals surface area contributed by atoms with Gasteiger partial charge in [-0.15, -0.1) is 0 Å². The molecule has 192 valence electrons. The van der Waals surface area contributed by atoms with Gasteiger partial charge in [0, 0.05) is 0 Å². The molecule has 0 radical (unpaired) electrons. The van der Waals surface area contributed by atoms with Crippen molar-refractivity contribution in [2.24, 2.45) is 23.7 Å². The smallest absolute Gasteiger partial charge is 0.158 e. The van der Waals surface area contributed by atoms with Crippen molar-refractivity contribution >= 4 is 11.1 Å². The molecule has 7 atom stereocenters. The third-order valence-corrected chi connectivity index (χ3v) is 11.1. The fourth-order valence-corrected chi connectivity index (χ4v) is 7.90. The second-order valence-corrected chi connectivity index (χ2v) is 13.6. The van der Waals surface area contributed by atoms with Crippen LogP contribution in [0.5, 0.6) is 0 Å². The summed E-state index contributed by atoms with van der Waals surface area (Å²) < 4.78 is 31.9. The molecule has 7 unspecified atom stereocenters. The normalized spacial score (nSPS) is 46.1. The molecule has 0 aromatic rings. The molecule has 0 heterocycles. The molecule has 0 N–H and O–H groups in total. The van der Waals surface area contributed by atoms with Crippen molar-refractivity contribution in [2.45, 2.75) is 153 Å². The third-order valence-electron chi connectivity index (χ3n) is 9.62. The van der Waals surface area contributed by atoms with E-state index in [0.29, 0.717) is 24.4 Å². The molecule has 0 aromatic heterocycles. The number of rotatable bonds is 7. The molecule has 0 aromatic carbocycles. The first-order valence-corrected chi connectivity index (χ1v) is 15.4. The summed E-state index contributed by atoms with van der Waals surface area (Å²) >= 11 is -1.16. The maximum Gasteiger partial charge on any atom is 0.158 e. The average Bonchev–Trinajstić information content (AvgIpc) is 2.80. The first kappa shape index (κ1) is 26.1.